The van der Waals surface area contributed by atoms with Crippen molar-refractivity contribution in [2.24, 2.45) is 0 Å². The number of benzene rings is 1. The summed E-state index contributed by atoms with van der Waals surface area (Å²) in [5, 5.41) is 23.6. The van der Waals surface area contributed by atoms with Gasteiger partial charge in [-0.25, -0.2) is 15.0 Å². The lowest BCUT2D eigenvalue weighted by molar-refractivity contribution is 0.0955. The quantitative estimate of drug-likeness (QED) is 0.500. The Hall–Kier alpha value is -3.07. The maximum atomic E-state index is 12.7. The molecule has 1 aliphatic rings. The summed E-state index contributed by atoms with van der Waals surface area (Å²) in [5.74, 6) is 1.75. The Morgan fingerprint density at radius 1 is 1.24 bits per heavy atom. The van der Waals surface area contributed by atoms with Gasteiger partial charge in [-0.15, -0.1) is 0 Å². The minimum absolute atomic E-state index is 0.187. The van der Waals surface area contributed by atoms with Gasteiger partial charge in [0.2, 0.25) is 5.95 Å². The van der Waals surface area contributed by atoms with Crippen molar-refractivity contribution in [2.45, 2.75) is 51.2 Å². The first-order valence-electron chi connectivity index (χ1n) is 9.95. The molecule has 1 saturated carbocycles. The van der Waals surface area contributed by atoms with Crippen LogP contribution in [0, 0.1) is 6.92 Å². The van der Waals surface area contributed by atoms with Crippen molar-refractivity contribution in [3.63, 3.8) is 0 Å². The van der Waals surface area contributed by atoms with Crippen LogP contribution < -0.4 is 10.6 Å². The molecule has 4 rings (SSSR count). The number of carbonyl (C=O) groups excluding carboxylic acids is 1. The number of aliphatic hydroxyl groups is 1. The van der Waals surface area contributed by atoms with E-state index in [2.05, 4.69) is 35.8 Å². The molecule has 0 bridgehead atoms. The highest BCUT2D eigenvalue weighted by molar-refractivity contribution is 6.05. The average Bonchev–Trinajstić information content (AvgIpc) is 3.14. The summed E-state index contributed by atoms with van der Waals surface area (Å²) in [7, 11) is 0. The summed E-state index contributed by atoms with van der Waals surface area (Å²) in [4.78, 5) is 26.0. The number of hydrogen-bond acceptors (Lipinski definition) is 7. The Morgan fingerprint density at radius 3 is 2.83 bits per heavy atom. The standard InChI is InChI=1S/C20H25N7O2/c1-12-23-17(27-26-12)9-10-21-19(29)16-4-2-3-13-11-22-20(25-18(13)16)24-14-5-7-15(28)8-6-14/h2-4,11,14-15,28H,5-10H2,1H3,(H,21,29)(H,22,24,25)(H,23,26,27). The van der Waals surface area contributed by atoms with E-state index < -0.39 is 0 Å². The minimum Gasteiger partial charge on any atom is -0.393 e. The second-order valence-corrected chi connectivity index (χ2v) is 7.43. The van der Waals surface area contributed by atoms with E-state index in [-0.39, 0.29) is 18.1 Å². The zero-order valence-corrected chi connectivity index (χ0v) is 16.4. The van der Waals surface area contributed by atoms with Crippen LogP contribution in [0.5, 0.6) is 0 Å². The Kier molecular flexibility index (Phi) is 5.66. The molecular formula is C20H25N7O2. The smallest absolute Gasteiger partial charge is 0.253 e. The number of aliphatic hydroxyl groups excluding tert-OH is 1. The van der Waals surface area contributed by atoms with Gasteiger partial charge < -0.3 is 15.7 Å². The second-order valence-electron chi connectivity index (χ2n) is 7.43. The van der Waals surface area contributed by atoms with E-state index in [1.54, 1.807) is 12.3 Å². The summed E-state index contributed by atoms with van der Waals surface area (Å²) < 4.78 is 0. The molecule has 3 aromatic rings. The number of nitrogens with zero attached hydrogens (tertiary/aromatic N) is 4. The number of amides is 1. The van der Waals surface area contributed by atoms with E-state index in [1.165, 1.54) is 0 Å². The number of nitrogens with one attached hydrogen (secondary N) is 3. The number of H-pyrrole nitrogens is 1. The van der Waals surface area contributed by atoms with Gasteiger partial charge >= 0.3 is 0 Å². The molecule has 0 saturated heterocycles. The van der Waals surface area contributed by atoms with Crippen LogP contribution in [0.3, 0.4) is 0 Å². The molecule has 0 radical (unpaired) electrons. The van der Waals surface area contributed by atoms with Gasteiger partial charge in [0.1, 0.15) is 5.82 Å². The first-order chi connectivity index (χ1) is 14.1. The number of rotatable bonds is 6. The third-order valence-electron chi connectivity index (χ3n) is 5.16. The molecule has 0 spiro atoms. The highest BCUT2D eigenvalue weighted by atomic mass is 16.3. The maximum Gasteiger partial charge on any atom is 0.253 e. The van der Waals surface area contributed by atoms with E-state index in [1.807, 2.05) is 19.1 Å². The van der Waals surface area contributed by atoms with Crippen molar-refractivity contribution in [3.05, 3.63) is 41.6 Å². The third-order valence-corrected chi connectivity index (χ3v) is 5.16. The third kappa shape index (κ3) is 4.68. The molecule has 1 fully saturated rings. The molecule has 0 aliphatic heterocycles. The fourth-order valence-electron chi connectivity index (χ4n) is 3.60. The van der Waals surface area contributed by atoms with E-state index >= 15 is 0 Å². The number of aryl methyl sites for hydroxylation is 1. The van der Waals surface area contributed by atoms with Crippen molar-refractivity contribution in [1.29, 1.82) is 0 Å². The predicted octanol–water partition coefficient (Wildman–Crippen LogP) is 1.74. The van der Waals surface area contributed by atoms with Gasteiger partial charge in [0.15, 0.2) is 5.82 Å². The van der Waals surface area contributed by atoms with E-state index in [4.69, 9.17) is 0 Å². The first kappa shape index (κ1) is 19.3. The lowest BCUT2D eigenvalue weighted by Gasteiger charge is -2.26. The summed E-state index contributed by atoms with van der Waals surface area (Å²) in [6, 6.07) is 5.72. The van der Waals surface area contributed by atoms with Crippen LogP contribution in [0.4, 0.5) is 5.95 Å². The normalized spacial score (nSPS) is 19.2. The Labute approximate surface area is 168 Å². The Bertz CT molecular complexity index is 995. The molecule has 1 aliphatic carbocycles. The second kappa shape index (κ2) is 8.52. The molecule has 9 nitrogen and oxygen atoms in total. The molecule has 1 aromatic carbocycles. The van der Waals surface area contributed by atoms with Gasteiger partial charge in [-0.05, 0) is 38.7 Å². The van der Waals surface area contributed by atoms with Gasteiger partial charge in [0.05, 0.1) is 17.2 Å². The molecule has 2 aromatic heterocycles. The average molecular weight is 395 g/mol. The summed E-state index contributed by atoms with van der Waals surface area (Å²) in [5.41, 5.74) is 1.13. The zero-order chi connectivity index (χ0) is 20.2. The number of hydrogen-bond donors (Lipinski definition) is 4. The van der Waals surface area contributed by atoms with Crippen LogP contribution >= 0.6 is 0 Å². The monoisotopic (exact) mass is 395 g/mol. The van der Waals surface area contributed by atoms with Gasteiger partial charge in [-0.3, -0.25) is 9.89 Å². The number of aromatic nitrogens is 5. The van der Waals surface area contributed by atoms with Crippen molar-refractivity contribution < 1.29 is 9.90 Å². The highest BCUT2D eigenvalue weighted by Crippen LogP contribution is 2.22. The maximum absolute atomic E-state index is 12.7. The van der Waals surface area contributed by atoms with Crippen molar-refractivity contribution >= 4 is 22.8 Å². The van der Waals surface area contributed by atoms with Gasteiger partial charge in [0, 0.05) is 30.6 Å². The fourth-order valence-corrected chi connectivity index (χ4v) is 3.60. The van der Waals surface area contributed by atoms with Crippen LogP contribution in [-0.2, 0) is 6.42 Å². The molecule has 152 valence electrons. The summed E-state index contributed by atoms with van der Waals surface area (Å²) in [6.07, 6.45) is 5.40. The summed E-state index contributed by atoms with van der Waals surface area (Å²) in [6.45, 7) is 2.28. The van der Waals surface area contributed by atoms with Crippen LogP contribution in [0.1, 0.15) is 47.7 Å². The number of aromatic amines is 1. The highest BCUT2D eigenvalue weighted by Gasteiger charge is 2.20. The molecule has 1 amide bonds. The van der Waals surface area contributed by atoms with E-state index in [0.717, 1.165) is 36.9 Å². The molecule has 9 heteroatoms. The van der Waals surface area contributed by atoms with Crippen LogP contribution in [0.15, 0.2) is 24.4 Å². The zero-order valence-electron chi connectivity index (χ0n) is 16.4. The van der Waals surface area contributed by atoms with Crippen LogP contribution in [-0.4, -0.2) is 54.9 Å². The van der Waals surface area contributed by atoms with E-state index in [9.17, 15) is 9.90 Å². The number of carbonyl (C=O) groups is 1. The van der Waals surface area contributed by atoms with Crippen LogP contribution in [0.2, 0.25) is 0 Å². The molecular weight excluding hydrogens is 370 g/mol. The topological polar surface area (TPSA) is 129 Å². The number of fused-ring (bicyclic) bond motifs is 1. The number of anilines is 1. The van der Waals surface area contributed by atoms with Gasteiger partial charge in [-0.2, -0.15) is 5.10 Å². The summed E-state index contributed by atoms with van der Waals surface area (Å²) >= 11 is 0. The first-order valence-corrected chi connectivity index (χ1v) is 9.95. The SMILES string of the molecule is Cc1nc(CCNC(=O)c2cccc3cnc(NC4CCC(O)CC4)nc23)n[nH]1. The molecule has 4 N–H and O–H groups in total. The lowest BCUT2D eigenvalue weighted by Crippen LogP contribution is -2.29. The molecule has 0 atom stereocenters. The largest absolute Gasteiger partial charge is 0.393 e. The van der Waals surface area contributed by atoms with Crippen molar-refractivity contribution in [1.82, 2.24) is 30.5 Å². The minimum atomic E-state index is -0.207. The predicted molar refractivity (Wildman–Crippen MR) is 109 cm³/mol. The molecule has 29 heavy (non-hydrogen) atoms. The fraction of sp³-hybridized carbons (Fsp3) is 0.450. The van der Waals surface area contributed by atoms with Crippen molar-refractivity contribution in [2.75, 3.05) is 11.9 Å². The molecule has 0 unspecified atom stereocenters. The van der Waals surface area contributed by atoms with Gasteiger partial charge in [0.25, 0.3) is 5.91 Å². The lowest BCUT2D eigenvalue weighted by atomic mass is 9.93. The van der Waals surface area contributed by atoms with Crippen molar-refractivity contribution in [3.8, 4) is 0 Å². The number of para-hydroxylation sites is 1. The molecule has 2 heterocycles. The van der Waals surface area contributed by atoms with Gasteiger partial charge in [-0.1, -0.05) is 12.1 Å². The Morgan fingerprint density at radius 2 is 2.07 bits per heavy atom. The van der Waals surface area contributed by atoms with E-state index in [0.29, 0.717) is 35.8 Å². The van der Waals surface area contributed by atoms with Crippen LogP contribution in [0.25, 0.3) is 10.9 Å². The Balaban J connectivity index is 1.45.